The Morgan fingerprint density at radius 1 is 0.957 bits per heavy atom. The number of benzene rings is 2. The Morgan fingerprint density at radius 2 is 1.64 bits per heavy atom. The molecule has 2 aliphatic rings. The monoisotopic (exact) mass is 638 g/mol. The standard InChI is InChI=1S/C36H42N6O5/c1-19(2)26-18-37-21(4)29(38-26)39-30-23-13-12-22(16-28(23)42(40-30)33(45)47-35(8,9)10)25-17-36(25)24-15-20(3)11-14-27(24)41(31(36)43)32(44)46-34(5,6)7/h11-16,18-19,25H,17H2,1-10H3,(H,38,39,40)/t25-,36-/m0/s1. The fourth-order valence-electron chi connectivity index (χ4n) is 6.17. The molecule has 0 saturated heterocycles. The summed E-state index contributed by atoms with van der Waals surface area (Å²) < 4.78 is 12.6. The van der Waals surface area contributed by atoms with Crippen LogP contribution in [0.2, 0.25) is 0 Å². The zero-order valence-corrected chi connectivity index (χ0v) is 28.7. The van der Waals surface area contributed by atoms with Crippen LogP contribution in [-0.4, -0.2) is 49.0 Å². The quantitative estimate of drug-likeness (QED) is 0.238. The summed E-state index contributed by atoms with van der Waals surface area (Å²) in [6, 6.07) is 11.4. The lowest BCUT2D eigenvalue weighted by molar-refractivity contribution is -0.120. The number of aromatic nitrogens is 4. The second-order valence-corrected chi connectivity index (χ2v) is 14.9. The molecule has 1 fully saturated rings. The smallest absolute Gasteiger partial charge is 0.435 e. The summed E-state index contributed by atoms with van der Waals surface area (Å²) in [7, 11) is 0. The molecule has 3 heterocycles. The van der Waals surface area contributed by atoms with Crippen molar-refractivity contribution in [2.24, 2.45) is 0 Å². The molecule has 2 amide bonds. The van der Waals surface area contributed by atoms with Crippen LogP contribution in [-0.2, 0) is 19.7 Å². The number of amides is 2. The summed E-state index contributed by atoms with van der Waals surface area (Å²) in [5.41, 5.74) is 2.78. The van der Waals surface area contributed by atoms with E-state index in [1.54, 1.807) is 47.7 Å². The number of nitrogens with one attached hydrogen (secondary N) is 1. The number of aryl methyl sites for hydroxylation is 2. The van der Waals surface area contributed by atoms with Crippen molar-refractivity contribution in [1.82, 2.24) is 19.7 Å². The van der Waals surface area contributed by atoms with Crippen molar-refractivity contribution < 1.29 is 23.9 Å². The first-order valence-electron chi connectivity index (χ1n) is 15.9. The van der Waals surface area contributed by atoms with Gasteiger partial charge in [-0.25, -0.2) is 19.5 Å². The predicted octanol–water partition coefficient (Wildman–Crippen LogP) is 7.80. The molecule has 47 heavy (non-hydrogen) atoms. The molecule has 1 N–H and O–H groups in total. The molecule has 6 rings (SSSR count). The van der Waals surface area contributed by atoms with Crippen LogP contribution in [0, 0.1) is 13.8 Å². The van der Waals surface area contributed by atoms with Gasteiger partial charge in [-0.3, -0.25) is 9.78 Å². The summed E-state index contributed by atoms with van der Waals surface area (Å²) in [4.78, 5) is 51.4. The van der Waals surface area contributed by atoms with E-state index in [1.807, 2.05) is 64.1 Å². The fraction of sp³-hybridized carbons (Fsp3) is 0.444. The number of ether oxygens (including phenoxy) is 2. The fourth-order valence-corrected chi connectivity index (χ4v) is 6.17. The average molecular weight is 639 g/mol. The van der Waals surface area contributed by atoms with Gasteiger partial charge in [-0.05, 0) is 97.1 Å². The maximum atomic E-state index is 14.2. The third kappa shape index (κ3) is 5.72. The normalized spacial score (nSPS) is 19.0. The van der Waals surface area contributed by atoms with Crippen molar-refractivity contribution in [1.29, 1.82) is 0 Å². The largest absolute Gasteiger partial charge is 0.443 e. The summed E-state index contributed by atoms with van der Waals surface area (Å²) in [5.74, 6) is 0.603. The topological polar surface area (TPSA) is 129 Å². The highest BCUT2D eigenvalue weighted by Gasteiger charge is 2.68. The molecule has 2 aromatic heterocycles. The molecule has 4 aromatic rings. The average Bonchev–Trinajstić information content (AvgIpc) is 3.54. The number of fused-ring (bicyclic) bond motifs is 3. The van der Waals surface area contributed by atoms with Crippen LogP contribution in [0.5, 0.6) is 0 Å². The maximum absolute atomic E-state index is 14.2. The van der Waals surface area contributed by atoms with Gasteiger partial charge in [0, 0.05) is 17.5 Å². The second-order valence-electron chi connectivity index (χ2n) is 14.9. The van der Waals surface area contributed by atoms with Gasteiger partial charge in [0.25, 0.3) is 0 Å². The van der Waals surface area contributed by atoms with Crippen LogP contribution >= 0.6 is 0 Å². The minimum Gasteiger partial charge on any atom is -0.443 e. The molecule has 0 bridgehead atoms. The van der Waals surface area contributed by atoms with Crippen molar-refractivity contribution in [2.75, 3.05) is 10.2 Å². The van der Waals surface area contributed by atoms with E-state index in [4.69, 9.17) is 14.5 Å². The van der Waals surface area contributed by atoms with Crippen LogP contribution in [0.15, 0.2) is 42.6 Å². The van der Waals surface area contributed by atoms with Gasteiger partial charge < -0.3 is 14.8 Å². The van der Waals surface area contributed by atoms with E-state index in [-0.39, 0.29) is 17.7 Å². The van der Waals surface area contributed by atoms with Crippen molar-refractivity contribution in [3.05, 3.63) is 70.7 Å². The van der Waals surface area contributed by atoms with Crippen molar-refractivity contribution in [3.8, 4) is 0 Å². The van der Waals surface area contributed by atoms with Crippen molar-refractivity contribution in [2.45, 2.75) is 104 Å². The van der Waals surface area contributed by atoms with Crippen LogP contribution in [0.3, 0.4) is 0 Å². The van der Waals surface area contributed by atoms with Gasteiger partial charge >= 0.3 is 12.2 Å². The van der Waals surface area contributed by atoms with E-state index in [2.05, 4.69) is 15.4 Å². The Bertz CT molecular complexity index is 1950. The predicted molar refractivity (Wildman–Crippen MR) is 179 cm³/mol. The summed E-state index contributed by atoms with van der Waals surface area (Å²) in [6.07, 6.45) is 0.944. The molecule has 246 valence electrons. The molecule has 1 spiro atoms. The zero-order valence-electron chi connectivity index (χ0n) is 28.7. The van der Waals surface area contributed by atoms with Gasteiger partial charge in [0.1, 0.15) is 11.2 Å². The maximum Gasteiger partial charge on any atom is 0.435 e. The second kappa shape index (κ2) is 10.9. The highest BCUT2D eigenvalue weighted by Crippen LogP contribution is 2.66. The Kier molecular flexibility index (Phi) is 7.45. The summed E-state index contributed by atoms with van der Waals surface area (Å²) >= 11 is 0. The number of carbonyl (C=O) groups excluding carboxylic acids is 3. The lowest BCUT2D eigenvalue weighted by atomic mass is 9.91. The number of anilines is 3. The highest BCUT2D eigenvalue weighted by atomic mass is 16.6. The molecule has 2 atom stereocenters. The third-order valence-electron chi connectivity index (χ3n) is 8.47. The molecular formula is C36H42N6O5. The molecule has 0 unspecified atom stereocenters. The van der Waals surface area contributed by atoms with Gasteiger partial charge in [0.15, 0.2) is 11.6 Å². The van der Waals surface area contributed by atoms with E-state index >= 15 is 0 Å². The molecule has 1 saturated carbocycles. The lowest BCUT2D eigenvalue weighted by Crippen LogP contribution is -2.41. The van der Waals surface area contributed by atoms with Crippen molar-refractivity contribution in [3.63, 3.8) is 0 Å². The van der Waals surface area contributed by atoms with Crippen LogP contribution in [0.1, 0.15) is 102 Å². The van der Waals surface area contributed by atoms with E-state index in [0.717, 1.165) is 22.4 Å². The minimum atomic E-state index is -0.923. The van der Waals surface area contributed by atoms with Gasteiger partial charge in [-0.2, -0.15) is 4.68 Å². The lowest BCUT2D eigenvalue weighted by Gasteiger charge is -2.24. The van der Waals surface area contributed by atoms with Gasteiger partial charge in [0.05, 0.1) is 28.0 Å². The summed E-state index contributed by atoms with van der Waals surface area (Å²) in [6.45, 7) is 18.6. The number of hydrogen-bond donors (Lipinski definition) is 1. The Labute approximate surface area is 274 Å². The number of imide groups is 1. The third-order valence-corrected chi connectivity index (χ3v) is 8.47. The number of carbonyl (C=O) groups is 3. The molecule has 11 nitrogen and oxygen atoms in total. The minimum absolute atomic E-state index is 0.173. The highest BCUT2D eigenvalue weighted by molar-refractivity contribution is 6.23. The first-order valence-corrected chi connectivity index (χ1v) is 15.9. The zero-order chi connectivity index (χ0) is 34.2. The van der Waals surface area contributed by atoms with Gasteiger partial charge in [-0.15, -0.1) is 5.10 Å². The van der Waals surface area contributed by atoms with E-state index < -0.39 is 28.8 Å². The molecular weight excluding hydrogens is 596 g/mol. The molecule has 1 aliphatic carbocycles. The Morgan fingerprint density at radius 3 is 2.30 bits per heavy atom. The van der Waals surface area contributed by atoms with Gasteiger partial charge in [0.2, 0.25) is 5.91 Å². The summed E-state index contributed by atoms with van der Waals surface area (Å²) in [5, 5.41) is 8.63. The number of rotatable bonds is 4. The molecule has 11 heteroatoms. The Balaban J connectivity index is 1.43. The molecule has 2 aromatic carbocycles. The SMILES string of the molecule is Cc1ccc2c(c1)[C@]1(C[C@H]1c1ccc3c(Nc4nc(C(C)C)cnc4C)nn(C(=O)OC(C)(C)C)c3c1)C(=O)N2C(=O)OC(C)(C)C. The first kappa shape index (κ1) is 32.2. The number of hydrogen-bond acceptors (Lipinski definition) is 9. The van der Waals surface area contributed by atoms with Crippen LogP contribution in [0.25, 0.3) is 10.9 Å². The van der Waals surface area contributed by atoms with E-state index in [0.29, 0.717) is 40.3 Å². The first-order chi connectivity index (χ1) is 21.9. The van der Waals surface area contributed by atoms with E-state index in [9.17, 15) is 14.4 Å². The van der Waals surface area contributed by atoms with Gasteiger partial charge in [-0.1, -0.05) is 37.6 Å². The molecule has 1 aliphatic heterocycles. The van der Waals surface area contributed by atoms with Crippen LogP contribution in [0.4, 0.5) is 26.9 Å². The Hall–Kier alpha value is -4.80. The molecule has 0 radical (unpaired) electrons. The van der Waals surface area contributed by atoms with Crippen molar-refractivity contribution >= 4 is 46.3 Å². The van der Waals surface area contributed by atoms with Crippen LogP contribution < -0.4 is 10.2 Å². The van der Waals surface area contributed by atoms with E-state index in [1.165, 1.54) is 9.58 Å². The number of nitrogens with zero attached hydrogens (tertiary/aromatic N) is 5.